The molecule has 0 saturated carbocycles. The molecule has 0 spiro atoms. The number of amides is 2. The highest BCUT2D eigenvalue weighted by molar-refractivity contribution is 7.98. The molecule has 0 aliphatic carbocycles. The second-order valence-electron chi connectivity index (χ2n) is 5.55. The fraction of sp³-hybridized carbons (Fsp3) is 0.211. The van der Waals surface area contributed by atoms with Crippen LogP contribution in [0.4, 0.5) is 10.1 Å². The van der Waals surface area contributed by atoms with Crippen molar-refractivity contribution >= 4 is 35.2 Å². The Kier molecular flexibility index (Phi) is 7.36. The lowest BCUT2D eigenvalue weighted by Gasteiger charge is -2.17. The molecule has 142 valence electrons. The van der Waals surface area contributed by atoms with Gasteiger partial charge < -0.3 is 15.0 Å². The third-order valence-electron chi connectivity index (χ3n) is 3.61. The van der Waals surface area contributed by atoms with E-state index in [4.69, 9.17) is 4.74 Å². The molecule has 0 heterocycles. The molecule has 2 amide bonds. The number of carbonyl (C=O) groups excluding carboxylic acids is 3. The van der Waals surface area contributed by atoms with Gasteiger partial charge in [0.1, 0.15) is 5.82 Å². The highest BCUT2D eigenvalue weighted by Gasteiger charge is 2.18. The first-order chi connectivity index (χ1) is 12.9. The zero-order chi connectivity index (χ0) is 19.8. The van der Waals surface area contributed by atoms with Gasteiger partial charge in [-0.3, -0.25) is 9.59 Å². The van der Waals surface area contributed by atoms with Crippen molar-refractivity contribution in [3.05, 3.63) is 59.9 Å². The van der Waals surface area contributed by atoms with Crippen LogP contribution in [0.1, 0.15) is 10.4 Å². The van der Waals surface area contributed by atoms with Crippen LogP contribution >= 0.6 is 11.8 Å². The van der Waals surface area contributed by atoms with Gasteiger partial charge in [0.25, 0.3) is 5.91 Å². The van der Waals surface area contributed by atoms with Crippen molar-refractivity contribution in [2.24, 2.45) is 0 Å². The average Bonchev–Trinajstić information content (AvgIpc) is 2.66. The Morgan fingerprint density at radius 3 is 2.48 bits per heavy atom. The molecule has 0 saturated heterocycles. The van der Waals surface area contributed by atoms with Crippen LogP contribution in [-0.4, -0.2) is 49.1 Å². The van der Waals surface area contributed by atoms with Gasteiger partial charge in [-0.2, -0.15) is 0 Å². The summed E-state index contributed by atoms with van der Waals surface area (Å²) in [6.45, 7) is -0.795. The summed E-state index contributed by atoms with van der Waals surface area (Å²) in [5.41, 5.74) is 0.404. The number of likely N-dealkylation sites (N-methyl/N-ethyl adjacent to an activating group) is 1. The summed E-state index contributed by atoms with van der Waals surface area (Å²) in [6, 6.07) is 12.6. The lowest BCUT2D eigenvalue weighted by atomic mass is 10.2. The molecule has 0 unspecified atom stereocenters. The number of esters is 1. The third-order valence-corrected chi connectivity index (χ3v) is 4.40. The van der Waals surface area contributed by atoms with Crippen molar-refractivity contribution in [1.29, 1.82) is 0 Å². The molecule has 0 fully saturated rings. The second-order valence-corrected chi connectivity index (χ2v) is 6.40. The van der Waals surface area contributed by atoms with Crippen LogP contribution in [-0.2, 0) is 14.3 Å². The Morgan fingerprint density at radius 2 is 1.78 bits per heavy atom. The van der Waals surface area contributed by atoms with Gasteiger partial charge in [-0.05, 0) is 30.5 Å². The van der Waals surface area contributed by atoms with E-state index in [0.29, 0.717) is 5.69 Å². The number of thioether (sulfide) groups is 1. The Bertz CT molecular complexity index is 844. The molecule has 0 atom stereocenters. The van der Waals surface area contributed by atoms with Crippen molar-refractivity contribution in [2.45, 2.75) is 4.90 Å². The monoisotopic (exact) mass is 390 g/mol. The lowest BCUT2D eigenvalue weighted by Crippen LogP contribution is -2.37. The molecule has 0 radical (unpaired) electrons. The molecule has 0 aliphatic rings. The van der Waals surface area contributed by atoms with E-state index in [1.54, 1.807) is 12.1 Å². The zero-order valence-electron chi connectivity index (χ0n) is 14.9. The molecule has 2 aromatic carbocycles. The lowest BCUT2D eigenvalue weighted by molar-refractivity contribution is -0.136. The minimum Gasteiger partial charge on any atom is -0.452 e. The van der Waals surface area contributed by atoms with Crippen LogP contribution in [0, 0.1) is 5.82 Å². The van der Waals surface area contributed by atoms with Gasteiger partial charge >= 0.3 is 5.97 Å². The summed E-state index contributed by atoms with van der Waals surface area (Å²) in [5, 5.41) is 2.73. The Hall–Kier alpha value is -2.87. The van der Waals surface area contributed by atoms with E-state index in [1.807, 2.05) is 18.4 Å². The van der Waals surface area contributed by atoms with E-state index in [0.717, 1.165) is 15.9 Å². The molecule has 8 heteroatoms. The Labute approximate surface area is 160 Å². The van der Waals surface area contributed by atoms with Crippen LogP contribution in [0.3, 0.4) is 0 Å². The van der Waals surface area contributed by atoms with Crippen LogP contribution in [0.25, 0.3) is 0 Å². The van der Waals surface area contributed by atoms with E-state index in [2.05, 4.69) is 5.32 Å². The normalized spacial score (nSPS) is 10.2. The summed E-state index contributed by atoms with van der Waals surface area (Å²) in [7, 11) is 1.42. The van der Waals surface area contributed by atoms with Crippen LogP contribution in [0.5, 0.6) is 0 Å². The number of benzene rings is 2. The fourth-order valence-electron chi connectivity index (χ4n) is 2.18. The number of carbonyl (C=O) groups is 3. The molecule has 1 N–H and O–H groups in total. The quantitative estimate of drug-likeness (QED) is 0.581. The number of para-hydroxylation sites is 1. The number of anilines is 1. The first kappa shape index (κ1) is 20.4. The molecule has 27 heavy (non-hydrogen) atoms. The standard InChI is InChI=1S/C19H19FN2O4S/c1-22(11-17(23)21-15-9-5-6-10-16(15)27-2)18(24)12-26-19(25)13-7-3-4-8-14(13)20/h3-10H,11-12H2,1-2H3,(H,21,23). The van der Waals surface area contributed by atoms with E-state index < -0.39 is 24.3 Å². The Morgan fingerprint density at radius 1 is 1.11 bits per heavy atom. The molecule has 2 rings (SSSR count). The number of nitrogens with one attached hydrogen (secondary N) is 1. The first-order valence-corrected chi connectivity index (χ1v) is 9.23. The molecule has 2 aromatic rings. The number of nitrogens with zero attached hydrogens (tertiary/aromatic N) is 1. The maximum absolute atomic E-state index is 13.5. The maximum Gasteiger partial charge on any atom is 0.341 e. The number of hydrogen-bond donors (Lipinski definition) is 1. The van der Waals surface area contributed by atoms with Gasteiger partial charge in [0, 0.05) is 11.9 Å². The highest BCUT2D eigenvalue weighted by atomic mass is 32.2. The number of hydrogen-bond acceptors (Lipinski definition) is 5. The molecular formula is C19H19FN2O4S. The second kappa shape index (κ2) is 9.72. The topological polar surface area (TPSA) is 75.7 Å². The van der Waals surface area contributed by atoms with Crippen molar-refractivity contribution in [3.63, 3.8) is 0 Å². The minimum atomic E-state index is -0.937. The van der Waals surface area contributed by atoms with Crippen molar-refractivity contribution < 1.29 is 23.5 Å². The zero-order valence-corrected chi connectivity index (χ0v) is 15.7. The first-order valence-electron chi connectivity index (χ1n) is 8.01. The summed E-state index contributed by atoms with van der Waals surface area (Å²) in [4.78, 5) is 38.0. The smallest absolute Gasteiger partial charge is 0.341 e. The summed E-state index contributed by atoms with van der Waals surface area (Å²) in [6.07, 6.45) is 1.89. The summed E-state index contributed by atoms with van der Waals surface area (Å²) < 4.78 is 18.3. The van der Waals surface area contributed by atoms with Crippen LogP contribution in [0.2, 0.25) is 0 Å². The average molecular weight is 390 g/mol. The van der Waals surface area contributed by atoms with Gasteiger partial charge in [-0.15, -0.1) is 11.8 Å². The predicted molar refractivity (Wildman–Crippen MR) is 101 cm³/mol. The van der Waals surface area contributed by atoms with Crippen LogP contribution < -0.4 is 5.32 Å². The molecule has 0 aromatic heterocycles. The SMILES string of the molecule is CSc1ccccc1NC(=O)CN(C)C(=O)COC(=O)c1ccccc1F. The third kappa shape index (κ3) is 5.82. The van der Waals surface area contributed by atoms with E-state index in [1.165, 1.54) is 37.0 Å². The van der Waals surface area contributed by atoms with Gasteiger partial charge in [-0.25, -0.2) is 9.18 Å². The fourth-order valence-corrected chi connectivity index (χ4v) is 2.74. The van der Waals surface area contributed by atoms with Gasteiger partial charge in [0.05, 0.1) is 17.8 Å². The van der Waals surface area contributed by atoms with Crippen molar-refractivity contribution in [3.8, 4) is 0 Å². The summed E-state index contributed by atoms with van der Waals surface area (Å²) >= 11 is 1.49. The number of rotatable bonds is 7. The van der Waals surface area contributed by atoms with Gasteiger partial charge in [0.2, 0.25) is 5.91 Å². The number of ether oxygens (including phenoxy) is 1. The minimum absolute atomic E-state index is 0.210. The van der Waals surface area contributed by atoms with Crippen molar-refractivity contribution in [2.75, 3.05) is 31.8 Å². The van der Waals surface area contributed by atoms with Gasteiger partial charge in [-0.1, -0.05) is 24.3 Å². The Balaban J connectivity index is 1.85. The molecule has 0 aliphatic heterocycles. The van der Waals surface area contributed by atoms with E-state index in [-0.39, 0.29) is 18.0 Å². The highest BCUT2D eigenvalue weighted by Crippen LogP contribution is 2.24. The predicted octanol–water partition coefficient (Wildman–Crippen LogP) is 2.80. The van der Waals surface area contributed by atoms with Crippen LogP contribution in [0.15, 0.2) is 53.4 Å². The molecule has 6 nitrogen and oxygen atoms in total. The largest absolute Gasteiger partial charge is 0.452 e. The van der Waals surface area contributed by atoms with E-state index in [9.17, 15) is 18.8 Å². The van der Waals surface area contributed by atoms with E-state index >= 15 is 0 Å². The molecular weight excluding hydrogens is 371 g/mol. The molecule has 0 bridgehead atoms. The maximum atomic E-state index is 13.5. The van der Waals surface area contributed by atoms with Gasteiger partial charge in [0.15, 0.2) is 6.61 Å². The van der Waals surface area contributed by atoms with Crippen molar-refractivity contribution in [1.82, 2.24) is 4.90 Å². The number of halogens is 1. The summed E-state index contributed by atoms with van der Waals surface area (Å²) in [5.74, 6) is -2.62.